The lowest BCUT2D eigenvalue weighted by molar-refractivity contribution is 0.0694. The van der Waals surface area contributed by atoms with Crippen molar-refractivity contribution in [3.63, 3.8) is 0 Å². The van der Waals surface area contributed by atoms with E-state index in [9.17, 15) is 9.59 Å². The lowest BCUT2D eigenvalue weighted by Crippen LogP contribution is -2.11. The Kier molecular flexibility index (Phi) is 3.51. The van der Waals surface area contributed by atoms with E-state index < -0.39 is 11.9 Å². The van der Waals surface area contributed by atoms with Gasteiger partial charge in [0.25, 0.3) is 0 Å². The zero-order chi connectivity index (χ0) is 13.8. The normalized spacial score (nSPS) is 10.1. The molecule has 1 aromatic carbocycles. The Morgan fingerprint density at radius 2 is 2.11 bits per heavy atom. The van der Waals surface area contributed by atoms with Gasteiger partial charge in [-0.3, -0.25) is 4.79 Å². The van der Waals surface area contributed by atoms with Gasteiger partial charge in [-0.05, 0) is 24.3 Å². The average molecular weight is 260 g/mol. The van der Waals surface area contributed by atoms with Crippen LogP contribution in [0, 0.1) is 0 Å². The van der Waals surface area contributed by atoms with E-state index in [1.54, 1.807) is 24.3 Å². The van der Waals surface area contributed by atoms with Gasteiger partial charge in [0, 0.05) is 11.3 Å². The largest absolute Gasteiger partial charge is 0.478 e. The van der Waals surface area contributed by atoms with Gasteiger partial charge in [0.2, 0.25) is 5.91 Å². The number of benzene rings is 1. The highest BCUT2D eigenvalue weighted by atomic mass is 16.4. The molecule has 1 heterocycles. The van der Waals surface area contributed by atoms with Gasteiger partial charge in [-0.2, -0.15) is 0 Å². The van der Waals surface area contributed by atoms with E-state index in [1.807, 2.05) is 0 Å². The Bertz CT molecular complexity index is 619. The molecule has 0 radical (unpaired) electrons. The second kappa shape index (κ2) is 5.26. The van der Waals surface area contributed by atoms with Crippen LogP contribution >= 0.6 is 0 Å². The van der Waals surface area contributed by atoms with Crippen molar-refractivity contribution in [3.05, 3.63) is 53.5 Å². The molecule has 0 fully saturated rings. The number of hydrogen-bond donors (Lipinski definition) is 3. The van der Waals surface area contributed by atoms with Gasteiger partial charge >= 0.3 is 5.97 Å². The highest BCUT2D eigenvalue weighted by Gasteiger charge is 2.12. The Hall–Kier alpha value is -2.76. The molecule has 19 heavy (non-hydrogen) atoms. The number of primary amides is 1. The third kappa shape index (κ3) is 2.92. The van der Waals surface area contributed by atoms with E-state index in [0.29, 0.717) is 17.0 Å². The average Bonchev–Trinajstić information content (AvgIpc) is 2.85. The number of nitrogens with two attached hydrogens (primary N) is 1. The van der Waals surface area contributed by atoms with Crippen molar-refractivity contribution in [2.24, 2.45) is 5.73 Å². The third-order valence-electron chi connectivity index (χ3n) is 2.58. The number of carbonyl (C=O) groups is 2. The monoisotopic (exact) mass is 260 g/mol. The number of nitrogens with one attached hydrogen (secondary N) is 1. The van der Waals surface area contributed by atoms with Crippen molar-refractivity contribution in [3.8, 4) is 0 Å². The lowest BCUT2D eigenvalue weighted by atomic mass is 10.2. The standard InChI is InChI=1S/C13H12N2O4/c14-12(16)8-2-1-3-9(6-8)15-7-11-10(13(17)18)4-5-19-11/h1-6,15H,7H2,(H2,14,16)(H,17,18). The Balaban J connectivity index is 2.10. The predicted molar refractivity (Wildman–Crippen MR) is 68.0 cm³/mol. The van der Waals surface area contributed by atoms with Crippen LogP contribution in [0.1, 0.15) is 26.5 Å². The Morgan fingerprint density at radius 3 is 2.79 bits per heavy atom. The molecule has 1 amide bonds. The second-order valence-corrected chi connectivity index (χ2v) is 3.86. The highest BCUT2D eigenvalue weighted by molar-refractivity contribution is 5.93. The van der Waals surface area contributed by atoms with Gasteiger partial charge < -0.3 is 20.6 Å². The van der Waals surface area contributed by atoms with E-state index in [0.717, 1.165) is 0 Å². The molecule has 0 bridgehead atoms. The summed E-state index contributed by atoms with van der Waals surface area (Å²) in [6.45, 7) is 0.205. The van der Waals surface area contributed by atoms with Crippen molar-refractivity contribution < 1.29 is 19.1 Å². The highest BCUT2D eigenvalue weighted by Crippen LogP contribution is 2.15. The number of rotatable bonds is 5. The summed E-state index contributed by atoms with van der Waals surface area (Å²) in [5.41, 5.74) is 6.32. The third-order valence-corrected chi connectivity index (χ3v) is 2.58. The van der Waals surface area contributed by atoms with Crippen molar-refractivity contribution in [2.75, 3.05) is 5.32 Å². The first-order valence-corrected chi connectivity index (χ1v) is 5.51. The number of aromatic carboxylic acids is 1. The maximum Gasteiger partial charge on any atom is 0.339 e. The first-order valence-electron chi connectivity index (χ1n) is 5.51. The minimum absolute atomic E-state index is 0.110. The van der Waals surface area contributed by atoms with Gasteiger partial charge in [0.15, 0.2) is 0 Å². The molecule has 1 aromatic heterocycles. The predicted octanol–water partition coefficient (Wildman–Crippen LogP) is 1.69. The van der Waals surface area contributed by atoms with Crippen LogP contribution in [0.5, 0.6) is 0 Å². The molecular weight excluding hydrogens is 248 g/mol. The van der Waals surface area contributed by atoms with E-state index in [2.05, 4.69) is 5.32 Å². The summed E-state index contributed by atoms with van der Waals surface area (Å²) in [6, 6.07) is 8.01. The summed E-state index contributed by atoms with van der Waals surface area (Å²) in [5, 5.41) is 11.9. The zero-order valence-corrected chi connectivity index (χ0v) is 9.92. The smallest absolute Gasteiger partial charge is 0.339 e. The molecule has 0 aliphatic carbocycles. The molecule has 0 spiro atoms. The SMILES string of the molecule is NC(=O)c1cccc(NCc2occc2C(=O)O)c1. The van der Waals surface area contributed by atoms with E-state index >= 15 is 0 Å². The van der Waals surface area contributed by atoms with Crippen molar-refractivity contribution in [2.45, 2.75) is 6.54 Å². The molecule has 98 valence electrons. The van der Waals surface area contributed by atoms with Crippen LogP contribution in [-0.2, 0) is 6.54 Å². The number of carboxylic acid groups (broad SMARTS) is 1. The summed E-state index contributed by atoms with van der Waals surface area (Å²) >= 11 is 0. The summed E-state index contributed by atoms with van der Waals surface area (Å²) in [7, 11) is 0. The minimum atomic E-state index is -1.04. The molecule has 0 saturated heterocycles. The Morgan fingerprint density at radius 1 is 1.32 bits per heavy atom. The number of carboxylic acids is 1. The fourth-order valence-electron chi connectivity index (χ4n) is 1.63. The zero-order valence-electron chi connectivity index (χ0n) is 9.92. The molecule has 2 aromatic rings. The van der Waals surface area contributed by atoms with Crippen LogP contribution in [-0.4, -0.2) is 17.0 Å². The molecule has 0 unspecified atom stereocenters. The van der Waals surface area contributed by atoms with Gasteiger partial charge in [-0.15, -0.1) is 0 Å². The van der Waals surface area contributed by atoms with Gasteiger partial charge in [0.05, 0.1) is 12.8 Å². The second-order valence-electron chi connectivity index (χ2n) is 3.86. The molecule has 0 aliphatic heterocycles. The van der Waals surface area contributed by atoms with Crippen molar-refractivity contribution in [1.29, 1.82) is 0 Å². The molecule has 6 heteroatoms. The maximum atomic E-state index is 11.0. The van der Waals surface area contributed by atoms with Crippen molar-refractivity contribution in [1.82, 2.24) is 0 Å². The number of carbonyl (C=O) groups excluding carboxylic acids is 1. The summed E-state index contributed by atoms with van der Waals surface area (Å²) < 4.78 is 5.09. The van der Waals surface area contributed by atoms with Crippen LogP contribution < -0.4 is 11.1 Å². The number of furan rings is 1. The Labute approximate surface area is 108 Å². The van der Waals surface area contributed by atoms with E-state index in [4.69, 9.17) is 15.3 Å². The number of hydrogen-bond acceptors (Lipinski definition) is 4. The lowest BCUT2D eigenvalue weighted by Gasteiger charge is -2.06. The molecule has 0 saturated carbocycles. The topological polar surface area (TPSA) is 106 Å². The molecule has 4 N–H and O–H groups in total. The first-order chi connectivity index (χ1) is 9.08. The van der Waals surface area contributed by atoms with Crippen LogP contribution in [0.2, 0.25) is 0 Å². The molecule has 0 aliphatic rings. The van der Waals surface area contributed by atoms with E-state index in [1.165, 1.54) is 12.3 Å². The molecular formula is C13H12N2O4. The minimum Gasteiger partial charge on any atom is -0.478 e. The first kappa shape index (κ1) is 12.7. The fraction of sp³-hybridized carbons (Fsp3) is 0.0769. The van der Waals surface area contributed by atoms with Gasteiger partial charge in [0.1, 0.15) is 11.3 Å². The van der Waals surface area contributed by atoms with Crippen LogP contribution in [0.4, 0.5) is 5.69 Å². The summed E-state index contributed by atoms with van der Waals surface area (Å²) in [4.78, 5) is 21.9. The maximum absolute atomic E-state index is 11.0. The van der Waals surface area contributed by atoms with Crippen LogP contribution in [0.3, 0.4) is 0 Å². The van der Waals surface area contributed by atoms with Crippen LogP contribution in [0.25, 0.3) is 0 Å². The van der Waals surface area contributed by atoms with Gasteiger partial charge in [-0.25, -0.2) is 4.79 Å². The molecule has 0 atom stereocenters. The molecule has 6 nitrogen and oxygen atoms in total. The van der Waals surface area contributed by atoms with Crippen LogP contribution in [0.15, 0.2) is 41.0 Å². The van der Waals surface area contributed by atoms with Crippen molar-refractivity contribution >= 4 is 17.6 Å². The number of amides is 1. The summed E-state index contributed by atoms with van der Waals surface area (Å²) in [6.07, 6.45) is 1.32. The van der Waals surface area contributed by atoms with E-state index in [-0.39, 0.29) is 12.1 Å². The quantitative estimate of drug-likeness (QED) is 0.758. The fourth-order valence-corrected chi connectivity index (χ4v) is 1.63. The number of anilines is 1. The summed E-state index contributed by atoms with van der Waals surface area (Å²) in [5.74, 6) is -1.25. The van der Waals surface area contributed by atoms with Gasteiger partial charge in [-0.1, -0.05) is 6.07 Å². The molecule has 2 rings (SSSR count).